The molecule has 0 amide bonds. The van der Waals surface area contributed by atoms with E-state index in [1.165, 1.54) is 0 Å². The molecule has 1 unspecified atom stereocenters. The van der Waals surface area contributed by atoms with Crippen molar-refractivity contribution in [1.29, 1.82) is 0 Å². The van der Waals surface area contributed by atoms with Gasteiger partial charge in [0.1, 0.15) is 4.99 Å². The van der Waals surface area contributed by atoms with E-state index in [1.54, 1.807) is 0 Å². The van der Waals surface area contributed by atoms with Gasteiger partial charge < -0.3 is 0 Å². The third kappa shape index (κ3) is 4.13. The van der Waals surface area contributed by atoms with Gasteiger partial charge in [0, 0.05) is 0 Å². The Labute approximate surface area is 127 Å². The van der Waals surface area contributed by atoms with Crippen LogP contribution in [0.3, 0.4) is 0 Å². The lowest BCUT2D eigenvalue weighted by molar-refractivity contribution is 0.476. The highest BCUT2D eigenvalue weighted by Crippen LogP contribution is 2.44. The quantitative estimate of drug-likeness (QED) is 0.657. The van der Waals surface area contributed by atoms with Gasteiger partial charge in [0.05, 0.1) is 0 Å². The summed E-state index contributed by atoms with van der Waals surface area (Å²) in [4.78, 5) is -0.762. The Morgan fingerprint density at radius 2 is 1.38 bits per heavy atom. The van der Waals surface area contributed by atoms with Crippen LogP contribution in [0.5, 0.6) is 0 Å². The summed E-state index contributed by atoms with van der Waals surface area (Å²) in [5.74, 6) is 0. The van der Waals surface area contributed by atoms with Crippen molar-refractivity contribution in [2.45, 2.75) is 24.8 Å². The molecular weight excluding hydrogens is 303 g/mol. The van der Waals surface area contributed by atoms with Crippen molar-refractivity contribution >= 4 is 28.6 Å². The lowest BCUT2D eigenvalue weighted by atomic mass is 10.4. The van der Waals surface area contributed by atoms with E-state index >= 15 is 0 Å². The van der Waals surface area contributed by atoms with Gasteiger partial charge in [0.2, 0.25) is 0 Å². The molecule has 1 N–H and O–H groups in total. The Hall–Kier alpha value is -1.22. The summed E-state index contributed by atoms with van der Waals surface area (Å²) < 4.78 is 33.5. The molecule has 2 rings (SSSR count). The zero-order chi connectivity index (χ0) is 15.3. The van der Waals surface area contributed by atoms with Gasteiger partial charge in [0.25, 0.3) is 10.1 Å². The van der Waals surface area contributed by atoms with E-state index in [2.05, 4.69) is 0 Å². The predicted molar refractivity (Wildman–Crippen MR) is 89.3 cm³/mol. The van der Waals surface area contributed by atoms with Crippen LogP contribution in [0.2, 0.25) is 0 Å². The minimum Gasteiger partial charge on any atom is -0.285 e. The summed E-state index contributed by atoms with van der Waals surface area (Å²) in [6.45, 7) is 1.93. The van der Waals surface area contributed by atoms with Crippen LogP contribution in [0.1, 0.15) is 19.8 Å². The number of hydrogen-bond acceptors (Lipinski definition) is 2. The van der Waals surface area contributed by atoms with Crippen molar-refractivity contribution < 1.29 is 13.0 Å². The van der Waals surface area contributed by atoms with Crippen LogP contribution in [0.4, 0.5) is 0 Å². The van der Waals surface area contributed by atoms with Crippen molar-refractivity contribution in [3.63, 3.8) is 0 Å². The molecule has 0 spiro atoms. The lowest BCUT2D eigenvalue weighted by Crippen LogP contribution is -2.28. The highest BCUT2D eigenvalue weighted by Gasteiger charge is 2.33. The second kappa shape index (κ2) is 7.17. The Kier molecular flexibility index (Phi) is 5.51. The largest absolute Gasteiger partial charge is 0.285 e. The van der Waals surface area contributed by atoms with Gasteiger partial charge >= 0.3 is 0 Å². The fourth-order valence-corrected chi connectivity index (χ4v) is 7.11. The molecular formula is C16H19O3PS. The van der Waals surface area contributed by atoms with E-state index in [9.17, 15) is 13.0 Å². The molecule has 0 saturated heterocycles. The van der Waals surface area contributed by atoms with E-state index < -0.39 is 23.0 Å². The van der Waals surface area contributed by atoms with Crippen molar-refractivity contribution in [3.05, 3.63) is 60.7 Å². The van der Waals surface area contributed by atoms with Crippen molar-refractivity contribution in [3.8, 4) is 0 Å². The third-order valence-corrected chi connectivity index (χ3v) is 8.13. The zero-order valence-electron chi connectivity index (χ0n) is 11.9. The molecule has 0 aliphatic carbocycles. The predicted octanol–water partition coefficient (Wildman–Crippen LogP) is 3.13. The number of rotatable bonds is 6. The average Bonchev–Trinajstić information content (AvgIpc) is 2.48. The van der Waals surface area contributed by atoms with Crippen LogP contribution in [0, 0.1) is 0 Å². The Morgan fingerprint density at radius 1 is 0.952 bits per heavy atom. The van der Waals surface area contributed by atoms with Gasteiger partial charge in [-0.1, -0.05) is 74.0 Å². The van der Waals surface area contributed by atoms with Gasteiger partial charge in [-0.05, 0) is 25.0 Å². The summed E-state index contributed by atoms with van der Waals surface area (Å²) in [7, 11) is -5.24. The average molecular weight is 322 g/mol. The van der Waals surface area contributed by atoms with E-state index in [-0.39, 0.29) is 0 Å². The summed E-state index contributed by atoms with van der Waals surface area (Å²) in [6, 6.07) is 19.2. The van der Waals surface area contributed by atoms with Crippen LogP contribution in [-0.4, -0.2) is 18.0 Å². The van der Waals surface area contributed by atoms with Gasteiger partial charge in [0.15, 0.2) is 0 Å². The van der Waals surface area contributed by atoms with E-state index in [0.717, 1.165) is 10.6 Å². The van der Waals surface area contributed by atoms with Crippen molar-refractivity contribution in [1.82, 2.24) is 0 Å². The molecule has 5 heteroatoms. The first-order valence-corrected chi connectivity index (χ1v) is 9.81. The molecule has 0 aromatic heterocycles. The number of benzene rings is 2. The van der Waals surface area contributed by atoms with E-state index in [4.69, 9.17) is 0 Å². The Balaban J connectivity index is 2.55. The molecule has 0 aliphatic rings. The number of hydrogen-bond donors (Lipinski definition) is 1. The highest BCUT2D eigenvalue weighted by molar-refractivity contribution is 7.97. The minimum absolute atomic E-state index is 0.453. The second-order valence-electron chi connectivity index (χ2n) is 4.80. The van der Waals surface area contributed by atoms with Gasteiger partial charge in [-0.2, -0.15) is 8.42 Å². The first kappa shape index (κ1) is 16.2. The molecule has 3 nitrogen and oxygen atoms in total. The molecule has 0 radical (unpaired) electrons. The van der Waals surface area contributed by atoms with Crippen LogP contribution < -0.4 is 10.6 Å². The maximum atomic E-state index is 11.9. The first-order chi connectivity index (χ1) is 10.0. The molecule has 0 heterocycles. The zero-order valence-corrected chi connectivity index (χ0v) is 13.6. The van der Waals surface area contributed by atoms with Gasteiger partial charge in [-0.15, -0.1) is 0 Å². The maximum absolute atomic E-state index is 11.9. The molecule has 0 aliphatic heterocycles. The van der Waals surface area contributed by atoms with Crippen LogP contribution >= 0.6 is 7.92 Å². The van der Waals surface area contributed by atoms with Crippen LogP contribution in [0.25, 0.3) is 0 Å². The third-order valence-electron chi connectivity index (χ3n) is 3.24. The van der Waals surface area contributed by atoms with Crippen LogP contribution in [0.15, 0.2) is 60.7 Å². The lowest BCUT2D eigenvalue weighted by Gasteiger charge is -2.26. The first-order valence-electron chi connectivity index (χ1n) is 6.89. The molecule has 0 bridgehead atoms. The minimum atomic E-state index is -4.09. The molecule has 2 aromatic carbocycles. The van der Waals surface area contributed by atoms with Crippen LogP contribution in [-0.2, 0) is 10.1 Å². The van der Waals surface area contributed by atoms with Gasteiger partial charge in [-0.3, -0.25) is 4.55 Å². The highest BCUT2D eigenvalue weighted by atomic mass is 32.2. The molecule has 21 heavy (non-hydrogen) atoms. The molecule has 2 aromatic rings. The Morgan fingerprint density at radius 3 is 1.71 bits per heavy atom. The summed E-state index contributed by atoms with van der Waals surface area (Å²) >= 11 is 0. The topological polar surface area (TPSA) is 54.4 Å². The van der Waals surface area contributed by atoms with Gasteiger partial charge in [-0.25, -0.2) is 0 Å². The fourth-order valence-electron chi connectivity index (χ4n) is 2.32. The monoisotopic (exact) mass is 322 g/mol. The molecule has 0 saturated carbocycles. The molecule has 1 atom stereocenters. The van der Waals surface area contributed by atoms with E-state index in [0.29, 0.717) is 12.8 Å². The molecule has 0 fully saturated rings. The molecule has 112 valence electrons. The fraction of sp³-hybridized carbons (Fsp3) is 0.250. The second-order valence-corrected chi connectivity index (χ2v) is 9.14. The summed E-state index contributed by atoms with van der Waals surface area (Å²) in [6.07, 6.45) is 1.16. The maximum Gasteiger partial charge on any atom is 0.272 e. The van der Waals surface area contributed by atoms with Crippen molar-refractivity contribution in [2.75, 3.05) is 0 Å². The smallest absolute Gasteiger partial charge is 0.272 e. The standard InChI is InChI=1S/C16H19O3PS/c1-2-9-16(21(17,18)19)20(14-10-5-3-6-11-14)15-12-7-4-8-13-15/h3-8,10-13,16H,2,9H2,1H3,(H,17,18,19). The van der Waals surface area contributed by atoms with E-state index in [1.807, 2.05) is 67.6 Å². The summed E-state index contributed by atoms with van der Waals surface area (Å²) in [5, 5.41) is 1.93. The SMILES string of the molecule is CCCC(P(c1ccccc1)c1ccccc1)S(=O)(=O)O. The summed E-state index contributed by atoms with van der Waals surface area (Å²) in [5.41, 5.74) is 0. The Bertz CT molecular complexity index is 617. The normalized spacial score (nSPS) is 13.3. The van der Waals surface area contributed by atoms with Crippen molar-refractivity contribution in [2.24, 2.45) is 0 Å².